The highest BCUT2D eigenvalue weighted by Crippen LogP contribution is 2.52. The fourth-order valence-electron chi connectivity index (χ4n) is 5.42. The average Bonchev–Trinajstić information content (AvgIpc) is 3.29. The third-order valence-electron chi connectivity index (χ3n) is 7.10. The van der Waals surface area contributed by atoms with Gasteiger partial charge >= 0.3 is 6.36 Å². The number of nitrogens with zero attached hydrogens (tertiary/aromatic N) is 3. The summed E-state index contributed by atoms with van der Waals surface area (Å²) >= 11 is 0. The number of anilines is 1. The quantitative estimate of drug-likeness (QED) is 0.602. The Hall–Kier alpha value is -3.60. The van der Waals surface area contributed by atoms with Crippen molar-refractivity contribution in [2.45, 2.75) is 12.3 Å². The average molecular weight is 503 g/mol. The summed E-state index contributed by atoms with van der Waals surface area (Å²) in [5, 5.41) is 0. The number of hydrogen-bond acceptors (Lipinski definition) is 5. The van der Waals surface area contributed by atoms with Gasteiger partial charge in [-0.05, 0) is 35.9 Å². The molecule has 3 heterocycles. The molecular formula is C25H24F3N3O5. The van der Waals surface area contributed by atoms with E-state index in [4.69, 9.17) is 4.74 Å². The zero-order valence-electron chi connectivity index (χ0n) is 19.5. The van der Waals surface area contributed by atoms with Crippen LogP contribution in [0.25, 0.3) is 0 Å². The maximum atomic E-state index is 14.0. The number of hydrogen-bond donors (Lipinski definition) is 0. The summed E-state index contributed by atoms with van der Waals surface area (Å²) in [5.41, 5.74) is 0.104. The number of carbonyl (C=O) groups excluding carboxylic acids is 3. The second-order valence-corrected chi connectivity index (χ2v) is 9.11. The van der Waals surface area contributed by atoms with Gasteiger partial charge in [0.1, 0.15) is 5.75 Å². The third-order valence-corrected chi connectivity index (χ3v) is 7.10. The third kappa shape index (κ3) is 3.97. The van der Waals surface area contributed by atoms with Crippen LogP contribution >= 0.6 is 0 Å². The number of carbonyl (C=O) groups is 3. The second kappa shape index (κ2) is 8.81. The summed E-state index contributed by atoms with van der Waals surface area (Å²) in [5.74, 6) is -2.22. The van der Waals surface area contributed by atoms with Gasteiger partial charge in [0.25, 0.3) is 5.91 Å². The van der Waals surface area contributed by atoms with E-state index >= 15 is 0 Å². The molecule has 0 saturated carbocycles. The van der Waals surface area contributed by atoms with Crippen molar-refractivity contribution in [1.29, 1.82) is 0 Å². The molecule has 0 bridgehead atoms. The number of morpholine rings is 1. The minimum absolute atomic E-state index is 0.117. The van der Waals surface area contributed by atoms with E-state index in [9.17, 15) is 27.6 Å². The fraction of sp³-hybridized carbons (Fsp3) is 0.400. The lowest BCUT2D eigenvalue weighted by molar-refractivity contribution is -0.274. The van der Waals surface area contributed by atoms with Crippen LogP contribution in [0.1, 0.15) is 21.8 Å². The summed E-state index contributed by atoms with van der Waals surface area (Å²) in [4.78, 5) is 45.8. The normalized spacial score (nSPS) is 23.8. The molecule has 36 heavy (non-hydrogen) atoms. The highest BCUT2D eigenvalue weighted by molar-refractivity contribution is 6.16. The highest BCUT2D eigenvalue weighted by Gasteiger charge is 2.63. The summed E-state index contributed by atoms with van der Waals surface area (Å²) in [7, 11) is 1.62. The van der Waals surface area contributed by atoms with Gasteiger partial charge in [-0.15, -0.1) is 13.2 Å². The van der Waals surface area contributed by atoms with E-state index in [1.165, 1.54) is 21.9 Å². The van der Waals surface area contributed by atoms with Crippen LogP contribution in [-0.2, 0) is 14.3 Å². The van der Waals surface area contributed by atoms with Crippen molar-refractivity contribution < 1.29 is 37.0 Å². The molecule has 0 N–H and O–H groups in total. The maximum Gasteiger partial charge on any atom is 0.573 e. The molecule has 2 atom stereocenters. The molecule has 0 aromatic heterocycles. The number of amides is 3. The smallest absolute Gasteiger partial charge is 0.406 e. The molecule has 11 heteroatoms. The standard InChI is InChI=1S/C25H24F3N3O5/c1-29-20-5-3-2-4-18(20)19-14-31(21(32)16-6-8-17(9-7-16)36-25(26,27)28)15-24(19,22(29)33)23(34)30-10-12-35-13-11-30/h2-9,19H,10-15H2,1H3/t19-,24+/m0/s1. The number of rotatable bonds is 3. The van der Waals surface area contributed by atoms with Gasteiger partial charge < -0.3 is 24.2 Å². The summed E-state index contributed by atoms with van der Waals surface area (Å²) in [6.07, 6.45) is -4.85. The van der Waals surface area contributed by atoms with Crippen LogP contribution in [0.3, 0.4) is 0 Å². The first-order valence-corrected chi connectivity index (χ1v) is 11.5. The van der Waals surface area contributed by atoms with E-state index in [0.29, 0.717) is 32.0 Å². The topological polar surface area (TPSA) is 79.4 Å². The van der Waals surface area contributed by atoms with Gasteiger partial charge in [-0.2, -0.15) is 0 Å². The fourth-order valence-corrected chi connectivity index (χ4v) is 5.42. The van der Waals surface area contributed by atoms with Gasteiger partial charge in [-0.25, -0.2) is 0 Å². The Morgan fingerprint density at radius 2 is 1.69 bits per heavy atom. The summed E-state index contributed by atoms with van der Waals surface area (Å²) < 4.78 is 46.8. The molecule has 3 aliphatic heterocycles. The van der Waals surface area contributed by atoms with E-state index in [1.807, 2.05) is 18.2 Å². The molecule has 2 fully saturated rings. The molecule has 5 rings (SSSR count). The molecule has 0 unspecified atom stereocenters. The first kappa shape index (κ1) is 24.1. The largest absolute Gasteiger partial charge is 0.573 e. The van der Waals surface area contributed by atoms with Crippen LogP contribution in [0.4, 0.5) is 18.9 Å². The van der Waals surface area contributed by atoms with Crippen molar-refractivity contribution >= 4 is 23.4 Å². The van der Waals surface area contributed by atoms with E-state index in [2.05, 4.69) is 4.74 Å². The number of alkyl halides is 3. The second-order valence-electron chi connectivity index (χ2n) is 9.11. The number of benzene rings is 2. The van der Waals surface area contributed by atoms with E-state index in [-0.39, 0.29) is 30.5 Å². The molecule has 2 saturated heterocycles. The lowest BCUT2D eigenvalue weighted by atomic mass is 9.69. The van der Waals surface area contributed by atoms with E-state index in [1.54, 1.807) is 18.0 Å². The molecule has 3 aliphatic rings. The van der Waals surface area contributed by atoms with Crippen LogP contribution < -0.4 is 9.64 Å². The SMILES string of the molecule is CN1C(=O)[C@@]2(C(=O)N3CCOCC3)CN(C(=O)c3ccc(OC(F)(F)F)cc3)C[C@H]2c2ccccc21. The molecule has 0 spiro atoms. The van der Waals surface area contributed by atoms with E-state index < -0.39 is 29.4 Å². The van der Waals surface area contributed by atoms with Gasteiger partial charge in [0, 0.05) is 50.4 Å². The van der Waals surface area contributed by atoms with Crippen molar-refractivity contribution in [3.05, 3.63) is 59.7 Å². The van der Waals surface area contributed by atoms with Crippen molar-refractivity contribution in [3.8, 4) is 5.75 Å². The molecule has 3 amide bonds. The first-order chi connectivity index (χ1) is 17.1. The zero-order valence-corrected chi connectivity index (χ0v) is 19.5. The zero-order chi connectivity index (χ0) is 25.7. The summed E-state index contributed by atoms with van der Waals surface area (Å²) in [6.45, 7) is 1.41. The minimum Gasteiger partial charge on any atom is -0.406 e. The van der Waals surface area contributed by atoms with Gasteiger partial charge in [-0.1, -0.05) is 18.2 Å². The monoisotopic (exact) mass is 503 g/mol. The Morgan fingerprint density at radius 3 is 2.36 bits per heavy atom. The molecule has 0 aliphatic carbocycles. The highest BCUT2D eigenvalue weighted by atomic mass is 19.4. The summed E-state index contributed by atoms with van der Waals surface area (Å²) in [6, 6.07) is 11.9. The molecule has 2 aromatic rings. The van der Waals surface area contributed by atoms with Crippen LogP contribution in [0.5, 0.6) is 5.75 Å². The predicted octanol–water partition coefficient (Wildman–Crippen LogP) is 2.65. The Bertz CT molecular complexity index is 1200. The van der Waals surface area contributed by atoms with Crippen LogP contribution in [0.2, 0.25) is 0 Å². The van der Waals surface area contributed by atoms with Crippen molar-refractivity contribution in [2.24, 2.45) is 5.41 Å². The van der Waals surface area contributed by atoms with Crippen molar-refractivity contribution in [1.82, 2.24) is 9.80 Å². The van der Waals surface area contributed by atoms with Crippen molar-refractivity contribution in [2.75, 3.05) is 51.3 Å². The molecular weight excluding hydrogens is 479 g/mol. The Labute approximate surface area is 205 Å². The number of ether oxygens (including phenoxy) is 2. The number of likely N-dealkylation sites (tertiary alicyclic amines) is 1. The Balaban J connectivity index is 1.50. The van der Waals surface area contributed by atoms with Gasteiger partial charge in [0.15, 0.2) is 5.41 Å². The van der Waals surface area contributed by atoms with Gasteiger partial charge in [-0.3, -0.25) is 14.4 Å². The lowest BCUT2D eigenvalue weighted by Crippen LogP contribution is -2.60. The number of fused-ring (bicyclic) bond motifs is 3. The Kier molecular flexibility index (Phi) is 5.90. The van der Waals surface area contributed by atoms with Gasteiger partial charge in [0.2, 0.25) is 11.8 Å². The molecule has 8 nitrogen and oxygen atoms in total. The van der Waals surface area contributed by atoms with Gasteiger partial charge in [0.05, 0.1) is 13.2 Å². The van der Waals surface area contributed by atoms with E-state index in [0.717, 1.165) is 17.7 Å². The molecule has 0 radical (unpaired) electrons. The van der Waals surface area contributed by atoms with Crippen LogP contribution in [0, 0.1) is 5.41 Å². The van der Waals surface area contributed by atoms with Crippen LogP contribution in [0.15, 0.2) is 48.5 Å². The molecule has 190 valence electrons. The molecule has 2 aromatic carbocycles. The minimum atomic E-state index is -4.85. The van der Waals surface area contributed by atoms with Crippen LogP contribution in [-0.4, -0.2) is 80.3 Å². The maximum absolute atomic E-state index is 14.0. The lowest BCUT2D eigenvalue weighted by Gasteiger charge is -2.44. The predicted molar refractivity (Wildman–Crippen MR) is 121 cm³/mol. The number of halogens is 3. The number of para-hydroxylation sites is 1. The first-order valence-electron chi connectivity index (χ1n) is 11.5. The van der Waals surface area contributed by atoms with Crippen molar-refractivity contribution in [3.63, 3.8) is 0 Å². The Morgan fingerprint density at radius 1 is 1.03 bits per heavy atom.